The number of Topliss-reactive ketones (excluding diaryl/α,β-unsaturated/α-hetero) is 1. The zero-order chi connectivity index (χ0) is 16.4. The Hall–Kier alpha value is -2.95. The molecule has 0 fully saturated rings. The van der Waals surface area contributed by atoms with Gasteiger partial charge in [0.05, 0.1) is 23.2 Å². The Labute approximate surface area is 133 Å². The number of rotatable bonds is 4. The van der Waals surface area contributed by atoms with Gasteiger partial charge in [0.2, 0.25) is 0 Å². The average Bonchev–Trinajstić information content (AvgIpc) is 2.98. The predicted octanol–water partition coefficient (Wildman–Crippen LogP) is 3.40. The maximum Gasteiger partial charge on any atom is 0.338 e. The molecule has 0 amide bonds. The highest BCUT2D eigenvalue weighted by Crippen LogP contribution is 2.20. The molecule has 0 atom stereocenters. The molecule has 0 saturated carbocycles. The molecule has 1 heterocycles. The number of hydrogen-bond acceptors (Lipinski definition) is 4. The van der Waals surface area contributed by atoms with E-state index in [2.05, 4.69) is 4.98 Å². The van der Waals surface area contributed by atoms with Crippen LogP contribution in [0.2, 0.25) is 0 Å². The van der Waals surface area contributed by atoms with Crippen LogP contribution in [0.4, 0.5) is 0 Å². The number of aromatic nitrogens is 2. The maximum atomic E-state index is 11.7. The number of ether oxygens (including phenoxy) is 1. The van der Waals surface area contributed by atoms with Crippen molar-refractivity contribution in [2.45, 2.75) is 13.8 Å². The van der Waals surface area contributed by atoms with Crippen molar-refractivity contribution in [1.82, 2.24) is 9.55 Å². The number of imidazole rings is 1. The minimum Gasteiger partial charge on any atom is -0.462 e. The minimum absolute atomic E-state index is 0.0141. The van der Waals surface area contributed by atoms with Crippen molar-refractivity contribution in [1.29, 1.82) is 0 Å². The number of ketones is 1. The van der Waals surface area contributed by atoms with Gasteiger partial charge in [-0.2, -0.15) is 0 Å². The molecule has 23 heavy (non-hydrogen) atoms. The average molecular weight is 308 g/mol. The number of carbonyl (C=O) groups excluding carboxylic acids is 2. The summed E-state index contributed by atoms with van der Waals surface area (Å²) in [6, 6.07) is 12.6. The highest BCUT2D eigenvalue weighted by Gasteiger charge is 2.09. The Morgan fingerprint density at radius 3 is 2.43 bits per heavy atom. The fourth-order valence-electron chi connectivity index (χ4n) is 2.41. The third-order valence-corrected chi connectivity index (χ3v) is 3.61. The molecule has 3 rings (SSSR count). The van der Waals surface area contributed by atoms with E-state index < -0.39 is 0 Å². The standard InChI is InChI=1S/C18H16N2O3/c1-3-23-18(22)13-4-7-15(8-5-13)20-11-19-16-10-14(12(2)21)6-9-17(16)20/h4-11H,3H2,1-2H3. The van der Waals surface area contributed by atoms with Gasteiger partial charge in [-0.1, -0.05) is 0 Å². The van der Waals surface area contributed by atoms with Crippen LogP contribution >= 0.6 is 0 Å². The van der Waals surface area contributed by atoms with Crippen molar-refractivity contribution in [2.75, 3.05) is 6.61 Å². The van der Waals surface area contributed by atoms with Crippen LogP contribution in [0.1, 0.15) is 34.6 Å². The van der Waals surface area contributed by atoms with Crippen molar-refractivity contribution < 1.29 is 14.3 Å². The van der Waals surface area contributed by atoms with Gasteiger partial charge in [0.1, 0.15) is 6.33 Å². The molecule has 0 aliphatic heterocycles. The van der Waals surface area contributed by atoms with Crippen LogP contribution in [0.25, 0.3) is 16.7 Å². The molecular weight excluding hydrogens is 292 g/mol. The van der Waals surface area contributed by atoms with Crippen LogP contribution in [0.15, 0.2) is 48.8 Å². The Balaban J connectivity index is 1.97. The quantitative estimate of drug-likeness (QED) is 0.547. The van der Waals surface area contributed by atoms with Crippen LogP contribution < -0.4 is 0 Å². The largest absolute Gasteiger partial charge is 0.462 e. The molecule has 0 aliphatic carbocycles. The molecule has 0 unspecified atom stereocenters. The van der Waals surface area contributed by atoms with Crippen LogP contribution in [0, 0.1) is 0 Å². The van der Waals surface area contributed by atoms with Crippen molar-refractivity contribution >= 4 is 22.8 Å². The van der Waals surface area contributed by atoms with Crippen LogP contribution in [-0.4, -0.2) is 27.9 Å². The summed E-state index contributed by atoms with van der Waals surface area (Å²) in [5, 5.41) is 0. The van der Waals surface area contributed by atoms with Crippen LogP contribution in [-0.2, 0) is 4.74 Å². The second-order valence-electron chi connectivity index (χ2n) is 5.14. The van der Waals surface area contributed by atoms with E-state index in [9.17, 15) is 9.59 Å². The molecule has 1 aromatic heterocycles. The Bertz CT molecular complexity index is 879. The SMILES string of the molecule is CCOC(=O)c1ccc(-n2cnc3cc(C(C)=O)ccc32)cc1. The highest BCUT2D eigenvalue weighted by molar-refractivity contribution is 5.97. The molecule has 5 nitrogen and oxygen atoms in total. The van der Waals surface area contributed by atoms with E-state index in [-0.39, 0.29) is 11.8 Å². The molecule has 0 bridgehead atoms. The third-order valence-electron chi connectivity index (χ3n) is 3.61. The third kappa shape index (κ3) is 2.85. The zero-order valence-electron chi connectivity index (χ0n) is 12.9. The lowest BCUT2D eigenvalue weighted by molar-refractivity contribution is 0.0526. The van der Waals surface area contributed by atoms with Gasteiger partial charge in [-0.3, -0.25) is 9.36 Å². The minimum atomic E-state index is -0.333. The molecule has 5 heteroatoms. The van der Waals surface area contributed by atoms with Crippen molar-refractivity contribution in [2.24, 2.45) is 0 Å². The summed E-state index contributed by atoms with van der Waals surface area (Å²) in [5.41, 5.74) is 3.70. The van der Waals surface area contributed by atoms with E-state index in [1.807, 2.05) is 22.8 Å². The number of hydrogen-bond donors (Lipinski definition) is 0. The first-order valence-electron chi connectivity index (χ1n) is 7.35. The number of fused-ring (bicyclic) bond motifs is 1. The molecule has 0 spiro atoms. The smallest absolute Gasteiger partial charge is 0.338 e. The lowest BCUT2D eigenvalue weighted by Crippen LogP contribution is -2.04. The summed E-state index contributed by atoms with van der Waals surface area (Å²) in [5.74, 6) is -0.319. The van der Waals surface area contributed by atoms with Gasteiger partial charge >= 0.3 is 5.97 Å². The van der Waals surface area contributed by atoms with Crippen molar-refractivity contribution in [3.63, 3.8) is 0 Å². The lowest BCUT2D eigenvalue weighted by Gasteiger charge is -2.06. The predicted molar refractivity (Wildman–Crippen MR) is 87.0 cm³/mol. The zero-order valence-corrected chi connectivity index (χ0v) is 12.9. The van der Waals surface area contributed by atoms with Gasteiger partial charge in [0, 0.05) is 11.3 Å². The number of carbonyl (C=O) groups is 2. The Morgan fingerprint density at radius 1 is 1.09 bits per heavy atom. The molecule has 0 aliphatic rings. The van der Waals surface area contributed by atoms with Gasteiger partial charge in [0.15, 0.2) is 5.78 Å². The van der Waals surface area contributed by atoms with E-state index >= 15 is 0 Å². The second kappa shape index (κ2) is 6.04. The summed E-state index contributed by atoms with van der Waals surface area (Å²) in [4.78, 5) is 27.5. The van der Waals surface area contributed by atoms with E-state index in [1.54, 1.807) is 37.5 Å². The van der Waals surface area contributed by atoms with E-state index in [4.69, 9.17) is 4.74 Å². The summed E-state index contributed by atoms with van der Waals surface area (Å²) < 4.78 is 6.89. The van der Waals surface area contributed by atoms with Gasteiger partial charge in [-0.05, 0) is 56.3 Å². The van der Waals surface area contributed by atoms with Gasteiger partial charge in [0.25, 0.3) is 0 Å². The maximum absolute atomic E-state index is 11.7. The Morgan fingerprint density at radius 2 is 1.78 bits per heavy atom. The molecule has 3 aromatic rings. The van der Waals surface area contributed by atoms with E-state index in [0.717, 1.165) is 16.7 Å². The fraction of sp³-hybridized carbons (Fsp3) is 0.167. The summed E-state index contributed by atoms with van der Waals surface area (Å²) in [7, 11) is 0. The van der Waals surface area contributed by atoms with Crippen LogP contribution in [0.5, 0.6) is 0 Å². The van der Waals surface area contributed by atoms with Gasteiger partial charge in [-0.25, -0.2) is 9.78 Å². The topological polar surface area (TPSA) is 61.2 Å². The first-order chi connectivity index (χ1) is 11.1. The number of nitrogens with zero attached hydrogens (tertiary/aromatic N) is 2. The van der Waals surface area contributed by atoms with Crippen molar-refractivity contribution in [3.05, 3.63) is 59.9 Å². The van der Waals surface area contributed by atoms with E-state index in [0.29, 0.717) is 17.7 Å². The lowest BCUT2D eigenvalue weighted by atomic mass is 10.1. The van der Waals surface area contributed by atoms with Crippen LogP contribution in [0.3, 0.4) is 0 Å². The normalized spacial score (nSPS) is 10.7. The monoisotopic (exact) mass is 308 g/mol. The summed E-state index contributed by atoms with van der Waals surface area (Å²) >= 11 is 0. The molecule has 0 radical (unpaired) electrons. The fourth-order valence-corrected chi connectivity index (χ4v) is 2.41. The van der Waals surface area contributed by atoms with Gasteiger partial charge < -0.3 is 4.74 Å². The van der Waals surface area contributed by atoms with Gasteiger partial charge in [-0.15, -0.1) is 0 Å². The molecule has 0 N–H and O–H groups in total. The summed E-state index contributed by atoms with van der Waals surface area (Å²) in [6.07, 6.45) is 1.70. The molecule has 0 saturated heterocycles. The van der Waals surface area contributed by atoms with Crippen molar-refractivity contribution in [3.8, 4) is 5.69 Å². The first-order valence-corrected chi connectivity index (χ1v) is 7.35. The highest BCUT2D eigenvalue weighted by atomic mass is 16.5. The molecule has 2 aromatic carbocycles. The number of esters is 1. The molecular formula is C18H16N2O3. The van der Waals surface area contributed by atoms with E-state index in [1.165, 1.54) is 6.92 Å². The Kier molecular flexibility index (Phi) is 3.93. The number of benzene rings is 2. The molecule has 116 valence electrons. The summed E-state index contributed by atoms with van der Waals surface area (Å²) in [6.45, 7) is 3.66. The first kappa shape index (κ1) is 15.0. The second-order valence-corrected chi connectivity index (χ2v) is 5.14.